The Morgan fingerprint density at radius 2 is 1.96 bits per heavy atom. The van der Waals surface area contributed by atoms with Gasteiger partial charge in [-0.15, -0.1) is 0 Å². The van der Waals surface area contributed by atoms with Gasteiger partial charge in [0.25, 0.3) is 5.91 Å². The van der Waals surface area contributed by atoms with Crippen LogP contribution in [0.3, 0.4) is 0 Å². The van der Waals surface area contributed by atoms with E-state index in [4.69, 9.17) is 0 Å². The van der Waals surface area contributed by atoms with Gasteiger partial charge in [0.15, 0.2) is 0 Å². The van der Waals surface area contributed by atoms with E-state index in [0.717, 1.165) is 37.2 Å². The maximum Gasteiger partial charge on any atom is 0.253 e. The van der Waals surface area contributed by atoms with Crippen LogP contribution in [0.5, 0.6) is 0 Å². The Bertz CT molecular complexity index is 757. The summed E-state index contributed by atoms with van der Waals surface area (Å²) in [6.07, 6.45) is 1.17. The molecule has 1 aliphatic heterocycles. The van der Waals surface area contributed by atoms with E-state index in [1.165, 1.54) is 12.1 Å². The summed E-state index contributed by atoms with van der Waals surface area (Å²) in [6.45, 7) is 3.80. The number of aliphatic hydroxyl groups excluding tert-OH is 1. The Morgan fingerprint density at radius 1 is 1.24 bits per heavy atom. The highest BCUT2D eigenvalue weighted by atomic mass is 19.1. The zero-order chi connectivity index (χ0) is 17.8. The van der Waals surface area contributed by atoms with Crippen LogP contribution >= 0.6 is 0 Å². The van der Waals surface area contributed by atoms with E-state index in [9.17, 15) is 14.3 Å². The number of benzene rings is 2. The molecule has 132 valence electrons. The van der Waals surface area contributed by atoms with Crippen molar-refractivity contribution in [3.63, 3.8) is 0 Å². The number of amides is 1. The van der Waals surface area contributed by atoms with Gasteiger partial charge in [0.2, 0.25) is 0 Å². The van der Waals surface area contributed by atoms with Crippen LogP contribution in [0.2, 0.25) is 0 Å². The fourth-order valence-corrected chi connectivity index (χ4v) is 3.21. The largest absolute Gasteiger partial charge is 0.386 e. The van der Waals surface area contributed by atoms with Crippen molar-refractivity contribution >= 4 is 11.6 Å². The van der Waals surface area contributed by atoms with E-state index in [-0.39, 0.29) is 18.0 Å². The Morgan fingerprint density at radius 3 is 2.68 bits per heavy atom. The predicted molar refractivity (Wildman–Crippen MR) is 96.3 cm³/mol. The van der Waals surface area contributed by atoms with Crippen LogP contribution in [0, 0.1) is 12.7 Å². The highest BCUT2D eigenvalue weighted by molar-refractivity contribution is 6.00. The number of carbonyl (C=O) groups is 1. The number of nitrogens with zero attached hydrogens (tertiary/aromatic N) is 1. The van der Waals surface area contributed by atoms with Gasteiger partial charge in [-0.2, -0.15) is 0 Å². The van der Waals surface area contributed by atoms with Crippen LogP contribution in [-0.4, -0.2) is 30.6 Å². The highest BCUT2D eigenvalue weighted by Crippen LogP contribution is 2.26. The molecular formula is C20H23FN2O2. The fraction of sp³-hybridized carbons (Fsp3) is 0.350. The molecule has 2 N–H and O–H groups in total. The summed E-state index contributed by atoms with van der Waals surface area (Å²) in [7, 11) is 0. The quantitative estimate of drug-likeness (QED) is 0.877. The average molecular weight is 342 g/mol. The summed E-state index contributed by atoms with van der Waals surface area (Å²) in [4.78, 5) is 14.9. The molecule has 1 aliphatic rings. The molecule has 4 nitrogen and oxygen atoms in total. The second-order valence-corrected chi connectivity index (χ2v) is 6.46. The summed E-state index contributed by atoms with van der Waals surface area (Å²) in [5.74, 6) is -0.724. The van der Waals surface area contributed by atoms with Gasteiger partial charge >= 0.3 is 0 Å². The van der Waals surface area contributed by atoms with Crippen LogP contribution in [0.4, 0.5) is 10.1 Å². The topological polar surface area (TPSA) is 52.6 Å². The summed E-state index contributed by atoms with van der Waals surface area (Å²) in [5.41, 5.74) is 2.71. The summed E-state index contributed by atoms with van der Waals surface area (Å²) in [6, 6.07) is 11.9. The number of nitrogens with one attached hydrogen (secondary N) is 1. The molecular weight excluding hydrogens is 319 g/mol. The third-order valence-electron chi connectivity index (χ3n) is 4.56. The number of anilines is 1. The van der Waals surface area contributed by atoms with Gasteiger partial charge in [-0.3, -0.25) is 4.79 Å². The van der Waals surface area contributed by atoms with Crippen molar-refractivity contribution in [2.24, 2.45) is 0 Å². The van der Waals surface area contributed by atoms with Crippen molar-refractivity contribution in [1.29, 1.82) is 0 Å². The van der Waals surface area contributed by atoms with Crippen molar-refractivity contribution in [1.82, 2.24) is 5.32 Å². The Hall–Kier alpha value is -2.40. The summed E-state index contributed by atoms with van der Waals surface area (Å²) in [5, 5.41) is 12.9. The molecule has 0 bridgehead atoms. The number of halogens is 1. The zero-order valence-electron chi connectivity index (χ0n) is 14.3. The molecule has 0 spiro atoms. The minimum Gasteiger partial charge on any atom is -0.386 e. The number of aryl methyl sites for hydroxylation is 1. The first kappa shape index (κ1) is 17.4. The number of aliphatic hydroxyl groups is 1. The van der Waals surface area contributed by atoms with Gasteiger partial charge < -0.3 is 15.3 Å². The molecule has 2 aromatic rings. The molecule has 0 aromatic heterocycles. The van der Waals surface area contributed by atoms with Crippen LogP contribution in [0.15, 0.2) is 42.5 Å². The lowest BCUT2D eigenvalue weighted by Crippen LogP contribution is -2.31. The molecule has 5 heteroatoms. The molecule has 1 saturated heterocycles. The minimum absolute atomic E-state index is 0.0346. The van der Waals surface area contributed by atoms with Crippen molar-refractivity contribution in [3.05, 3.63) is 65.0 Å². The van der Waals surface area contributed by atoms with Crippen LogP contribution in [0.25, 0.3) is 0 Å². The van der Waals surface area contributed by atoms with E-state index in [1.54, 1.807) is 12.1 Å². The van der Waals surface area contributed by atoms with Gasteiger partial charge in [0.05, 0.1) is 11.7 Å². The van der Waals surface area contributed by atoms with Crippen molar-refractivity contribution < 1.29 is 14.3 Å². The Labute approximate surface area is 147 Å². The van der Waals surface area contributed by atoms with Gasteiger partial charge in [-0.05, 0) is 38.0 Å². The van der Waals surface area contributed by atoms with Crippen molar-refractivity contribution in [2.45, 2.75) is 25.9 Å². The van der Waals surface area contributed by atoms with E-state index >= 15 is 0 Å². The summed E-state index contributed by atoms with van der Waals surface area (Å²) >= 11 is 0. The van der Waals surface area contributed by atoms with Crippen LogP contribution < -0.4 is 10.2 Å². The maximum atomic E-state index is 13.7. The molecule has 2 aromatic carbocycles. The molecule has 1 atom stereocenters. The van der Waals surface area contributed by atoms with Crippen molar-refractivity contribution in [3.8, 4) is 0 Å². The normalized spacial score (nSPS) is 15.2. The number of carbonyl (C=O) groups excluding carboxylic acids is 1. The van der Waals surface area contributed by atoms with Gasteiger partial charge in [0, 0.05) is 30.9 Å². The molecule has 3 rings (SSSR count). The first-order valence-corrected chi connectivity index (χ1v) is 8.62. The zero-order valence-corrected chi connectivity index (χ0v) is 14.3. The van der Waals surface area contributed by atoms with Gasteiger partial charge in [0.1, 0.15) is 5.82 Å². The number of rotatable bonds is 5. The van der Waals surface area contributed by atoms with E-state index in [2.05, 4.69) is 10.2 Å². The third-order valence-corrected chi connectivity index (χ3v) is 4.56. The second-order valence-electron chi connectivity index (χ2n) is 6.46. The van der Waals surface area contributed by atoms with Crippen LogP contribution in [0.1, 0.15) is 40.4 Å². The van der Waals surface area contributed by atoms with Gasteiger partial charge in [-0.1, -0.05) is 29.8 Å². The Kier molecular flexibility index (Phi) is 5.34. The lowest BCUT2D eigenvalue weighted by atomic mass is 10.1. The third kappa shape index (κ3) is 3.99. The lowest BCUT2D eigenvalue weighted by Gasteiger charge is -2.22. The predicted octanol–water partition coefficient (Wildman–Crippen LogP) is 3.20. The standard InChI is InChI=1S/C20H23FN2O2/c1-14-8-9-18(23-10-4-5-11-23)16(12-14)20(25)22-13-19(24)15-6-2-3-7-17(15)21/h2-3,6-9,12,19,24H,4-5,10-11,13H2,1H3,(H,22,25). The molecule has 1 amide bonds. The van der Waals surface area contributed by atoms with E-state index in [0.29, 0.717) is 5.56 Å². The highest BCUT2D eigenvalue weighted by Gasteiger charge is 2.20. The van der Waals surface area contributed by atoms with Crippen LogP contribution in [-0.2, 0) is 0 Å². The van der Waals surface area contributed by atoms with E-state index < -0.39 is 11.9 Å². The Balaban J connectivity index is 1.73. The minimum atomic E-state index is -1.08. The lowest BCUT2D eigenvalue weighted by molar-refractivity contribution is 0.0914. The second kappa shape index (κ2) is 7.66. The molecule has 1 heterocycles. The molecule has 1 unspecified atom stereocenters. The van der Waals surface area contributed by atoms with Gasteiger partial charge in [-0.25, -0.2) is 4.39 Å². The number of hydrogen-bond donors (Lipinski definition) is 2. The average Bonchev–Trinajstić information content (AvgIpc) is 3.14. The monoisotopic (exact) mass is 342 g/mol. The van der Waals surface area contributed by atoms with E-state index in [1.807, 2.05) is 25.1 Å². The SMILES string of the molecule is Cc1ccc(N2CCCC2)c(C(=O)NCC(O)c2ccccc2F)c1. The summed E-state index contributed by atoms with van der Waals surface area (Å²) < 4.78 is 13.7. The van der Waals surface area contributed by atoms with Crippen molar-refractivity contribution in [2.75, 3.05) is 24.5 Å². The molecule has 0 aliphatic carbocycles. The fourth-order valence-electron chi connectivity index (χ4n) is 3.21. The maximum absolute atomic E-state index is 13.7. The molecule has 25 heavy (non-hydrogen) atoms. The molecule has 0 radical (unpaired) electrons. The number of hydrogen-bond acceptors (Lipinski definition) is 3. The first-order chi connectivity index (χ1) is 12.1. The molecule has 1 fully saturated rings. The molecule has 0 saturated carbocycles. The first-order valence-electron chi connectivity index (χ1n) is 8.62. The smallest absolute Gasteiger partial charge is 0.253 e.